The number of hydrogen-bond donors (Lipinski definition) is 1. The van der Waals surface area contributed by atoms with E-state index in [0.29, 0.717) is 18.0 Å². The Morgan fingerprint density at radius 1 is 1.21 bits per heavy atom. The van der Waals surface area contributed by atoms with Crippen LogP contribution >= 0.6 is 11.6 Å². The van der Waals surface area contributed by atoms with Crippen molar-refractivity contribution in [3.63, 3.8) is 0 Å². The van der Waals surface area contributed by atoms with Crippen LogP contribution in [0.3, 0.4) is 0 Å². The number of halogens is 1. The maximum absolute atomic E-state index is 6.44. The third-order valence-corrected chi connectivity index (χ3v) is 4.06. The molecular weight excluding hydrogens is 256 g/mol. The number of nitrogens with zero attached hydrogens (tertiary/aromatic N) is 1. The standard InChI is InChI=1S/C16H27ClN2/c1-11(2)9-12(3)19(6)16-8-7-14(10-15(16)17)13(4)18-5/h7-8,10-13,18H,9H2,1-6H3. The minimum absolute atomic E-state index is 0.324. The van der Waals surface area contributed by atoms with Crippen molar-refractivity contribution in [2.75, 3.05) is 19.0 Å². The molecule has 0 aliphatic carbocycles. The lowest BCUT2D eigenvalue weighted by molar-refractivity contribution is 0.504. The monoisotopic (exact) mass is 282 g/mol. The molecule has 2 atom stereocenters. The van der Waals surface area contributed by atoms with Gasteiger partial charge in [-0.2, -0.15) is 0 Å². The zero-order chi connectivity index (χ0) is 14.6. The summed E-state index contributed by atoms with van der Waals surface area (Å²) in [6, 6.07) is 7.16. The second-order valence-corrected chi connectivity index (χ2v) is 6.22. The van der Waals surface area contributed by atoms with Gasteiger partial charge >= 0.3 is 0 Å². The van der Waals surface area contributed by atoms with Crippen molar-refractivity contribution >= 4 is 17.3 Å². The highest BCUT2D eigenvalue weighted by atomic mass is 35.5. The summed E-state index contributed by atoms with van der Waals surface area (Å²) < 4.78 is 0. The fraction of sp³-hybridized carbons (Fsp3) is 0.625. The Kier molecular flexibility index (Phi) is 6.15. The Morgan fingerprint density at radius 3 is 2.32 bits per heavy atom. The van der Waals surface area contributed by atoms with Gasteiger partial charge < -0.3 is 10.2 Å². The predicted octanol–water partition coefficient (Wildman–Crippen LogP) is 4.49. The van der Waals surface area contributed by atoms with E-state index in [1.807, 2.05) is 7.05 Å². The molecule has 0 aliphatic heterocycles. The molecule has 0 radical (unpaired) electrons. The number of nitrogens with one attached hydrogen (secondary N) is 1. The van der Waals surface area contributed by atoms with E-state index in [9.17, 15) is 0 Å². The number of rotatable bonds is 6. The van der Waals surface area contributed by atoms with E-state index in [0.717, 1.165) is 10.7 Å². The van der Waals surface area contributed by atoms with Crippen molar-refractivity contribution in [3.05, 3.63) is 28.8 Å². The first-order valence-corrected chi connectivity index (χ1v) is 7.44. The molecule has 0 bridgehead atoms. The lowest BCUT2D eigenvalue weighted by Crippen LogP contribution is -2.30. The van der Waals surface area contributed by atoms with Crippen LogP contribution in [-0.4, -0.2) is 20.1 Å². The van der Waals surface area contributed by atoms with Crippen molar-refractivity contribution in [2.24, 2.45) is 5.92 Å². The van der Waals surface area contributed by atoms with Crippen molar-refractivity contribution in [1.29, 1.82) is 0 Å². The Balaban J connectivity index is 2.89. The molecular formula is C16H27ClN2. The Bertz CT molecular complexity index is 404. The van der Waals surface area contributed by atoms with Crippen LogP contribution in [0.5, 0.6) is 0 Å². The highest BCUT2D eigenvalue weighted by Crippen LogP contribution is 2.30. The van der Waals surface area contributed by atoms with Crippen molar-refractivity contribution < 1.29 is 0 Å². The number of benzene rings is 1. The molecule has 0 saturated carbocycles. The largest absolute Gasteiger partial charge is 0.371 e. The molecule has 0 aromatic heterocycles. The normalized spacial score (nSPS) is 14.5. The first kappa shape index (κ1) is 16.3. The molecule has 1 N–H and O–H groups in total. The molecule has 2 nitrogen and oxygen atoms in total. The minimum Gasteiger partial charge on any atom is -0.371 e. The fourth-order valence-electron chi connectivity index (χ4n) is 2.32. The van der Waals surface area contributed by atoms with E-state index >= 15 is 0 Å². The zero-order valence-electron chi connectivity index (χ0n) is 13.0. The van der Waals surface area contributed by atoms with Crippen LogP contribution in [0.15, 0.2) is 18.2 Å². The van der Waals surface area contributed by atoms with Gasteiger partial charge in [0, 0.05) is 19.1 Å². The molecule has 1 rings (SSSR count). The van der Waals surface area contributed by atoms with Gasteiger partial charge in [0.25, 0.3) is 0 Å². The smallest absolute Gasteiger partial charge is 0.0642 e. The minimum atomic E-state index is 0.324. The number of hydrogen-bond acceptors (Lipinski definition) is 2. The second-order valence-electron chi connectivity index (χ2n) is 5.81. The molecule has 108 valence electrons. The quantitative estimate of drug-likeness (QED) is 0.827. The molecule has 0 saturated heterocycles. The van der Waals surface area contributed by atoms with Gasteiger partial charge in [-0.25, -0.2) is 0 Å². The van der Waals surface area contributed by atoms with Crippen molar-refractivity contribution in [2.45, 2.75) is 46.2 Å². The lowest BCUT2D eigenvalue weighted by Gasteiger charge is -2.29. The van der Waals surface area contributed by atoms with Gasteiger partial charge in [0.1, 0.15) is 0 Å². The lowest BCUT2D eigenvalue weighted by atomic mass is 10.0. The van der Waals surface area contributed by atoms with E-state index in [4.69, 9.17) is 11.6 Å². The van der Waals surface area contributed by atoms with Crippen LogP contribution in [0.1, 0.15) is 45.7 Å². The molecule has 1 aromatic carbocycles. The van der Waals surface area contributed by atoms with Crippen LogP contribution in [-0.2, 0) is 0 Å². The summed E-state index contributed by atoms with van der Waals surface area (Å²) in [5.41, 5.74) is 2.34. The molecule has 1 aromatic rings. The Labute approximate surface area is 123 Å². The van der Waals surface area contributed by atoms with Gasteiger partial charge in [0.15, 0.2) is 0 Å². The molecule has 0 aliphatic rings. The summed E-state index contributed by atoms with van der Waals surface area (Å²) >= 11 is 6.44. The van der Waals surface area contributed by atoms with Gasteiger partial charge in [-0.15, -0.1) is 0 Å². The van der Waals surface area contributed by atoms with E-state index in [1.54, 1.807) is 0 Å². The second kappa shape index (κ2) is 7.16. The fourth-order valence-corrected chi connectivity index (χ4v) is 2.65. The third-order valence-electron chi connectivity index (χ3n) is 3.76. The summed E-state index contributed by atoms with van der Waals surface area (Å²) in [7, 11) is 4.08. The topological polar surface area (TPSA) is 15.3 Å². The summed E-state index contributed by atoms with van der Waals surface area (Å²) in [6.45, 7) is 8.89. The van der Waals surface area contributed by atoms with E-state index in [1.165, 1.54) is 12.0 Å². The SMILES string of the molecule is CNC(C)c1ccc(N(C)C(C)CC(C)C)c(Cl)c1. The summed E-state index contributed by atoms with van der Waals surface area (Å²) in [5, 5.41) is 4.06. The first-order valence-electron chi connectivity index (χ1n) is 7.06. The molecule has 0 heterocycles. The van der Waals surface area contributed by atoms with Gasteiger partial charge in [-0.05, 0) is 50.9 Å². The molecule has 0 amide bonds. The van der Waals surface area contributed by atoms with E-state index < -0.39 is 0 Å². The van der Waals surface area contributed by atoms with Gasteiger partial charge in [-0.3, -0.25) is 0 Å². The van der Waals surface area contributed by atoms with Crippen LogP contribution in [0.2, 0.25) is 5.02 Å². The van der Waals surface area contributed by atoms with Crippen LogP contribution < -0.4 is 10.2 Å². The highest BCUT2D eigenvalue weighted by Gasteiger charge is 2.15. The summed E-state index contributed by atoms with van der Waals surface area (Å²) in [6.07, 6.45) is 1.17. The maximum atomic E-state index is 6.44. The van der Waals surface area contributed by atoms with Crippen LogP contribution in [0.25, 0.3) is 0 Å². The zero-order valence-corrected chi connectivity index (χ0v) is 13.8. The van der Waals surface area contributed by atoms with Crippen LogP contribution in [0.4, 0.5) is 5.69 Å². The average molecular weight is 283 g/mol. The maximum Gasteiger partial charge on any atom is 0.0642 e. The highest BCUT2D eigenvalue weighted by molar-refractivity contribution is 6.33. The predicted molar refractivity (Wildman–Crippen MR) is 86.2 cm³/mol. The molecule has 0 spiro atoms. The molecule has 0 fully saturated rings. The van der Waals surface area contributed by atoms with E-state index in [-0.39, 0.29) is 0 Å². The van der Waals surface area contributed by atoms with Gasteiger partial charge in [0.05, 0.1) is 10.7 Å². The Morgan fingerprint density at radius 2 is 1.84 bits per heavy atom. The molecule has 19 heavy (non-hydrogen) atoms. The van der Waals surface area contributed by atoms with E-state index in [2.05, 4.69) is 63.2 Å². The summed E-state index contributed by atoms with van der Waals surface area (Å²) in [5.74, 6) is 0.694. The molecule has 2 unspecified atom stereocenters. The van der Waals surface area contributed by atoms with Gasteiger partial charge in [-0.1, -0.05) is 31.5 Å². The van der Waals surface area contributed by atoms with Gasteiger partial charge in [0.2, 0.25) is 0 Å². The van der Waals surface area contributed by atoms with Crippen LogP contribution in [0, 0.1) is 5.92 Å². The van der Waals surface area contributed by atoms with Crippen molar-refractivity contribution in [1.82, 2.24) is 5.32 Å². The average Bonchev–Trinajstić information content (AvgIpc) is 2.36. The Hall–Kier alpha value is -0.730. The third kappa shape index (κ3) is 4.39. The molecule has 3 heteroatoms. The number of anilines is 1. The summed E-state index contributed by atoms with van der Waals surface area (Å²) in [4.78, 5) is 2.27. The van der Waals surface area contributed by atoms with Crippen molar-refractivity contribution in [3.8, 4) is 0 Å². The first-order chi connectivity index (χ1) is 8.86.